The SMILES string of the molecule is O=C(CC1CC2CCC1C2)Nc1ccc(I)cc1. The van der Waals surface area contributed by atoms with E-state index in [0.717, 1.165) is 17.5 Å². The molecule has 2 aliphatic rings. The van der Waals surface area contributed by atoms with E-state index < -0.39 is 0 Å². The fraction of sp³-hybridized carbons (Fsp3) is 0.533. The van der Waals surface area contributed by atoms with Gasteiger partial charge in [-0.15, -0.1) is 0 Å². The van der Waals surface area contributed by atoms with Crippen LogP contribution in [-0.4, -0.2) is 5.91 Å². The average molecular weight is 355 g/mol. The van der Waals surface area contributed by atoms with Crippen molar-refractivity contribution in [3.05, 3.63) is 27.8 Å². The van der Waals surface area contributed by atoms with Gasteiger partial charge in [0, 0.05) is 15.7 Å². The molecule has 0 spiro atoms. The molecule has 1 aromatic rings. The maximum Gasteiger partial charge on any atom is 0.224 e. The van der Waals surface area contributed by atoms with Crippen molar-refractivity contribution >= 4 is 34.2 Å². The molecule has 0 saturated heterocycles. The highest BCUT2D eigenvalue weighted by molar-refractivity contribution is 14.1. The quantitative estimate of drug-likeness (QED) is 0.815. The number of carbonyl (C=O) groups excluding carboxylic acids is 1. The Labute approximate surface area is 122 Å². The van der Waals surface area contributed by atoms with Crippen LogP contribution in [-0.2, 0) is 4.79 Å². The minimum atomic E-state index is 0.189. The van der Waals surface area contributed by atoms with Gasteiger partial charge in [0.15, 0.2) is 0 Å². The number of hydrogen-bond donors (Lipinski definition) is 1. The molecule has 0 aromatic heterocycles. The van der Waals surface area contributed by atoms with E-state index in [4.69, 9.17) is 0 Å². The third-order valence-electron chi connectivity index (χ3n) is 4.46. The zero-order valence-corrected chi connectivity index (χ0v) is 12.5. The van der Waals surface area contributed by atoms with Gasteiger partial charge in [-0.2, -0.15) is 0 Å². The lowest BCUT2D eigenvalue weighted by atomic mass is 9.86. The van der Waals surface area contributed by atoms with Crippen molar-refractivity contribution < 1.29 is 4.79 Å². The Kier molecular flexibility index (Phi) is 3.59. The zero-order chi connectivity index (χ0) is 12.5. The van der Waals surface area contributed by atoms with E-state index in [1.54, 1.807) is 0 Å². The number of rotatable bonds is 3. The smallest absolute Gasteiger partial charge is 0.224 e. The number of anilines is 1. The number of amides is 1. The van der Waals surface area contributed by atoms with Gasteiger partial charge in [0.1, 0.15) is 0 Å². The topological polar surface area (TPSA) is 29.1 Å². The van der Waals surface area contributed by atoms with Crippen LogP contribution in [0.15, 0.2) is 24.3 Å². The average Bonchev–Trinajstić information content (AvgIpc) is 2.94. The van der Waals surface area contributed by atoms with Crippen molar-refractivity contribution in [2.45, 2.75) is 32.1 Å². The van der Waals surface area contributed by atoms with Gasteiger partial charge < -0.3 is 5.32 Å². The molecule has 3 rings (SSSR count). The zero-order valence-electron chi connectivity index (χ0n) is 10.4. The summed E-state index contributed by atoms with van der Waals surface area (Å²) in [6.07, 6.45) is 6.13. The summed E-state index contributed by atoms with van der Waals surface area (Å²) < 4.78 is 1.19. The Balaban J connectivity index is 1.54. The molecule has 0 aliphatic heterocycles. The third-order valence-corrected chi connectivity index (χ3v) is 5.18. The first-order valence-corrected chi connectivity index (χ1v) is 7.84. The monoisotopic (exact) mass is 355 g/mol. The van der Waals surface area contributed by atoms with Gasteiger partial charge in [-0.1, -0.05) is 6.42 Å². The van der Waals surface area contributed by atoms with Crippen LogP contribution in [0.25, 0.3) is 0 Å². The van der Waals surface area contributed by atoms with Gasteiger partial charge in [0.05, 0.1) is 0 Å². The summed E-state index contributed by atoms with van der Waals surface area (Å²) in [7, 11) is 0. The molecule has 1 amide bonds. The number of carbonyl (C=O) groups is 1. The molecule has 0 heterocycles. The molecule has 2 bridgehead atoms. The highest BCUT2D eigenvalue weighted by Crippen LogP contribution is 2.49. The minimum Gasteiger partial charge on any atom is -0.326 e. The van der Waals surface area contributed by atoms with Crippen LogP contribution in [0, 0.1) is 21.3 Å². The number of benzene rings is 1. The Bertz CT molecular complexity index is 442. The summed E-state index contributed by atoms with van der Waals surface area (Å²) in [6.45, 7) is 0. The number of halogens is 1. The van der Waals surface area contributed by atoms with Crippen molar-refractivity contribution in [1.29, 1.82) is 0 Å². The number of hydrogen-bond acceptors (Lipinski definition) is 1. The molecule has 0 radical (unpaired) electrons. The molecule has 3 atom stereocenters. The number of fused-ring (bicyclic) bond motifs is 2. The molecular weight excluding hydrogens is 337 g/mol. The van der Waals surface area contributed by atoms with E-state index in [-0.39, 0.29) is 5.91 Å². The highest BCUT2D eigenvalue weighted by atomic mass is 127. The first kappa shape index (κ1) is 12.5. The van der Waals surface area contributed by atoms with Gasteiger partial charge in [-0.3, -0.25) is 4.79 Å². The molecule has 1 aromatic carbocycles. The molecule has 2 aliphatic carbocycles. The Morgan fingerprint density at radius 3 is 2.61 bits per heavy atom. The molecule has 96 valence electrons. The van der Waals surface area contributed by atoms with Crippen molar-refractivity contribution in [3.8, 4) is 0 Å². The van der Waals surface area contributed by atoms with Gasteiger partial charge in [-0.05, 0) is 83.9 Å². The first-order valence-electron chi connectivity index (χ1n) is 6.76. The molecular formula is C15H18INO. The van der Waals surface area contributed by atoms with E-state index in [9.17, 15) is 4.79 Å². The normalized spacial score (nSPS) is 29.5. The molecule has 18 heavy (non-hydrogen) atoms. The van der Waals surface area contributed by atoms with Gasteiger partial charge in [0.25, 0.3) is 0 Å². The first-order chi connectivity index (χ1) is 8.70. The lowest BCUT2D eigenvalue weighted by Gasteiger charge is -2.20. The van der Waals surface area contributed by atoms with Crippen molar-refractivity contribution in [1.82, 2.24) is 0 Å². The van der Waals surface area contributed by atoms with Crippen LogP contribution in [0.1, 0.15) is 32.1 Å². The fourth-order valence-electron chi connectivity index (χ4n) is 3.61. The maximum absolute atomic E-state index is 12.0. The van der Waals surface area contributed by atoms with Crippen molar-refractivity contribution in [2.75, 3.05) is 5.32 Å². The van der Waals surface area contributed by atoms with Crippen LogP contribution >= 0.6 is 22.6 Å². The van der Waals surface area contributed by atoms with E-state index in [2.05, 4.69) is 27.9 Å². The molecule has 3 unspecified atom stereocenters. The van der Waals surface area contributed by atoms with Crippen LogP contribution in [0.4, 0.5) is 5.69 Å². The predicted octanol–water partition coefficient (Wildman–Crippen LogP) is 4.06. The minimum absolute atomic E-state index is 0.189. The molecule has 3 heteroatoms. The molecule has 2 saturated carbocycles. The maximum atomic E-state index is 12.0. The molecule has 2 fully saturated rings. The van der Waals surface area contributed by atoms with E-state index >= 15 is 0 Å². The third kappa shape index (κ3) is 2.71. The Morgan fingerprint density at radius 2 is 2.00 bits per heavy atom. The van der Waals surface area contributed by atoms with Crippen molar-refractivity contribution in [3.63, 3.8) is 0 Å². The second-order valence-electron chi connectivity index (χ2n) is 5.69. The largest absolute Gasteiger partial charge is 0.326 e. The predicted molar refractivity (Wildman–Crippen MR) is 81.3 cm³/mol. The lowest BCUT2D eigenvalue weighted by Crippen LogP contribution is -2.20. The van der Waals surface area contributed by atoms with Crippen LogP contribution < -0.4 is 5.32 Å². The van der Waals surface area contributed by atoms with Crippen LogP contribution in [0.5, 0.6) is 0 Å². The molecule has 2 nitrogen and oxygen atoms in total. The summed E-state index contributed by atoms with van der Waals surface area (Å²) in [5, 5.41) is 3.01. The summed E-state index contributed by atoms with van der Waals surface area (Å²) in [5.41, 5.74) is 0.920. The van der Waals surface area contributed by atoms with E-state index in [1.165, 1.54) is 29.3 Å². The standard InChI is InChI=1S/C15H18INO/c16-13-3-5-14(6-4-13)17-15(18)9-12-8-10-1-2-11(12)7-10/h3-6,10-12H,1-2,7-9H2,(H,17,18). The highest BCUT2D eigenvalue weighted by Gasteiger charge is 2.40. The Morgan fingerprint density at radius 1 is 1.22 bits per heavy atom. The second-order valence-corrected chi connectivity index (χ2v) is 6.94. The Hall–Kier alpha value is -0.580. The summed E-state index contributed by atoms with van der Waals surface area (Å²) >= 11 is 2.27. The van der Waals surface area contributed by atoms with E-state index in [1.807, 2.05) is 24.3 Å². The van der Waals surface area contributed by atoms with Gasteiger partial charge in [0.2, 0.25) is 5.91 Å². The van der Waals surface area contributed by atoms with Crippen molar-refractivity contribution in [2.24, 2.45) is 17.8 Å². The number of nitrogens with one attached hydrogen (secondary N) is 1. The summed E-state index contributed by atoms with van der Waals surface area (Å²) in [4.78, 5) is 12.0. The summed E-state index contributed by atoms with van der Waals surface area (Å²) in [6, 6.07) is 7.99. The fourth-order valence-corrected chi connectivity index (χ4v) is 3.97. The summed E-state index contributed by atoms with van der Waals surface area (Å²) in [5.74, 6) is 2.59. The molecule has 1 N–H and O–H groups in total. The van der Waals surface area contributed by atoms with Crippen LogP contribution in [0.2, 0.25) is 0 Å². The van der Waals surface area contributed by atoms with Gasteiger partial charge >= 0.3 is 0 Å². The van der Waals surface area contributed by atoms with Crippen LogP contribution in [0.3, 0.4) is 0 Å². The lowest BCUT2D eigenvalue weighted by molar-refractivity contribution is -0.117. The van der Waals surface area contributed by atoms with Gasteiger partial charge in [-0.25, -0.2) is 0 Å². The van der Waals surface area contributed by atoms with E-state index in [0.29, 0.717) is 12.3 Å². The second kappa shape index (κ2) is 5.19.